The van der Waals surface area contributed by atoms with E-state index in [9.17, 15) is 8.42 Å². The Morgan fingerprint density at radius 2 is 2.10 bits per heavy atom. The van der Waals surface area contributed by atoms with E-state index in [2.05, 4.69) is 4.72 Å². The molecular weight excluding hydrogens is 278 g/mol. The standard InChI is InChI=1S/C13H25N3O3S/c1-3-7-19-8-5-6-15-20(17,18)13-9-12(10-14)16(4-2)11-13/h9,11,15H,3-8,10,14H2,1-2H3. The summed E-state index contributed by atoms with van der Waals surface area (Å²) >= 11 is 0. The largest absolute Gasteiger partial charge is 0.381 e. The highest BCUT2D eigenvalue weighted by atomic mass is 32.2. The lowest BCUT2D eigenvalue weighted by molar-refractivity contribution is 0.133. The summed E-state index contributed by atoms with van der Waals surface area (Å²) in [6, 6.07) is 1.62. The van der Waals surface area contributed by atoms with Gasteiger partial charge in [0.15, 0.2) is 0 Å². The van der Waals surface area contributed by atoms with Crippen molar-refractivity contribution in [3.63, 3.8) is 0 Å². The van der Waals surface area contributed by atoms with Crippen LogP contribution in [0.1, 0.15) is 32.4 Å². The minimum Gasteiger partial charge on any atom is -0.381 e. The van der Waals surface area contributed by atoms with Crippen molar-refractivity contribution in [3.8, 4) is 0 Å². The highest BCUT2D eigenvalue weighted by molar-refractivity contribution is 7.89. The lowest BCUT2D eigenvalue weighted by Crippen LogP contribution is -2.25. The third kappa shape index (κ3) is 4.90. The zero-order chi connectivity index (χ0) is 15.0. The van der Waals surface area contributed by atoms with Crippen LogP contribution in [-0.2, 0) is 27.8 Å². The van der Waals surface area contributed by atoms with Crippen LogP contribution in [-0.4, -0.2) is 32.7 Å². The van der Waals surface area contributed by atoms with Gasteiger partial charge in [-0.3, -0.25) is 0 Å². The van der Waals surface area contributed by atoms with Crippen LogP contribution in [0.3, 0.4) is 0 Å². The SMILES string of the molecule is CCCOCCCNS(=O)(=O)c1cc(CN)n(CC)c1. The number of aromatic nitrogens is 1. The summed E-state index contributed by atoms with van der Waals surface area (Å²) in [5.74, 6) is 0. The summed E-state index contributed by atoms with van der Waals surface area (Å²) in [6.45, 7) is 6.68. The maximum atomic E-state index is 12.1. The van der Waals surface area contributed by atoms with Crippen LogP contribution in [0, 0.1) is 0 Å². The molecule has 0 unspecified atom stereocenters. The third-order valence-electron chi connectivity index (χ3n) is 2.93. The van der Waals surface area contributed by atoms with Crippen LogP contribution >= 0.6 is 0 Å². The summed E-state index contributed by atoms with van der Waals surface area (Å²) in [5, 5.41) is 0. The zero-order valence-corrected chi connectivity index (χ0v) is 13.1. The van der Waals surface area contributed by atoms with Gasteiger partial charge in [-0.25, -0.2) is 13.1 Å². The number of nitrogens with one attached hydrogen (secondary N) is 1. The molecule has 7 heteroatoms. The van der Waals surface area contributed by atoms with E-state index in [1.54, 1.807) is 12.3 Å². The highest BCUT2D eigenvalue weighted by Gasteiger charge is 2.16. The molecule has 20 heavy (non-hydrogen) atoms. The fourth-order valence-electron chi connectivity index (χ4n) is 1.85. The second-order valence-electron chi connectivity index (χ2n) is 4.52. The van der Waals surface area contributed by atoms with Gasteiger partial charge < -0.3 is 15.0 Å². The molecule has 0 aliphatic rings. The van der Waals surface area contributed by atoms with Gasteiger partial charge in [0.25, 0.3) is 0 Å². The van der Waals surface area contributed by atoms with Crippen LogP contribution in [0.4, 0.5) is 0 Å². The molecule has 0 fully saturated rings. The Balaban J connectivity index is 2.54. The minimum absolute atomic E-state index is 0.272. The lowest BCUT2D eigenvalue weighted by atomic mass is 10.4. The number of sulfonamides is 1. The molecule has 1 aromatic rings. The van der Waals surface area contributed by atoms with Crippen molar-refractivity contribution in [1.82, 2.24) is 9.29 Å². The first-order chi connectivity index (χ1) is 9.55. The highest BCUT2D eigenvalue weighted by Crippen LogP contribution is 2.14. The first-order valence-electron chi connectivity index (χ1n) is 7.01. The fraction of sp³-hybridized carbons (Fsp3) is 0.692. The molecule has 1 rings (SSSR count). The van der Waals surface area contributed by atoms with Gasteiger partial charge in [0.2, 0.25) is 10.0 Å². The van der Waals surface area contributed by atoms with Crippen molar-refractivity contribution >= 4 is 10.0 Å². The van der Waals surface area contributed by atoms with Crippen molar-refractivity contribution in [2.24, 2.45) is 5.73 Å². The number of nitrogens with zero attached hydrogens (tertiary/aromatic N) is 1. The van der Waals surface area contributed by atoms with E-state index in [0.29, 0.717) is 39.3 Å². The quantitative estimate of drug-likeness (QED) is 0.633. The van der Waals surface area contributed by atoms with Gasteiger partial charge in [-0.1, -0.05) is 6.92 Å². The molecule has 0 spiro atoms. The molecule has 116 valence electrons. The van der Waals surface area contributed by atoms with Crippen LogP contribution in [0.15, 0.2) is 17.2 Å². The van der Waals surface area contributed by atoms with E-state index in [-0.39, 0.29) is 4.90 Å². The molecule has 0 saturated carbocycles. The predicted molar refractivity (Wildman–Crippen MR) is 78.9 cm³/mol. The number of aryl methyl sites for hydroxylation is 1. The van der Waals surface area contributed by atoms with Crippen LogP contribution in [0.25, 0.3) is 0 Å². The number of hydrogen-bond donors (Lipinski definition) is 2. The number of rotatable bonds is 10. The van der Waals surface area contributed by atoms with Crippen molar-refractivity contribution in [1.29, 1.82) is 0 Å². The Morgan fingerprint density at radius 1 is 1.35 bits per heavy atom. The Kier molecular flexibility index (Phi) is 7.22. The van der Waals surface area contributed by atoms with E-state index in [1.807, 2.05) is 18.4 Å². The summed E-state index contributed by atoms with van der Waals surface area (Å²) < 4.78 is 34.0. The molecule has 3 N–H and O–H groups in total. The molecule has 1 heterocycles. The smallest absolute Gasteiger partial charge is 0.242 e. The van der Waals surface area contributed by atoms with Crippen molar-refractivity contribution < 1.29 is 13.2 Å². The molecule has 0 aromatic carbocycles. The normalized spacial score (nSPS) is 11.9. The maximum Gasteiger partial charge on any atom is 0.242 e. The Morgan fingerprint density at radius 3 is 2.65 bits per heavy atom. The Labute approximate surface area is 121 Å². The second kappa shape index (κ2) is 8.41. The maximum absolute atomic E-state index is 12.1. The molecule has 0 atom stereocenters. The molecule has 0 aliphatic heterocycles. The van der Waals surface area contributed by atoms with Gasteiger partial charge in [0.05, 0.1) is 4.90 Å². The van der Waals surface area contributed by atoms with Gasteiger partial charge in [0.1, 0.15) is 0 Å². The van der Waals surface area contributed by atoms with Crippen LogP contribution in [0.2, 0.25) is 0 Å². The molecule has 0 saturated heterocycles. The second-order valence-corrected chi connectivity index (χ2v) is 6.29. The number of nitrogens with two attached hydrogens (primary N) is 1. The molecule has 0 radical (unpaired) electrons. The number of hydrogen-bond acceptors (Lipinski definition) is 4. The van der Waals surface area contributed by atoms with Gasteiger partial charge in [-0.2, -0.15) is 0 Å². The van der Waals surface area contributed by atoms with Crippen molar-refractivity contribution in [3.05, 3.63) is 18.0 Å². The summed E-state index contributed by atoms with van der Waals surface area (Å²) in [5.41, 5.74) is 6.42. The van der Waals surface area contributed by atoms with E-state index in [1.165, 1.54) is 0 Å². The molecule has 0 bridgehead atoms. The van der Waals surface area contributed by atoms with Gasteiger partial charge in [-0.05, 0) is 25.8 Å². The third-order valence-corrected chi connectivity index (χ3v) is 4.36. The Bertz CT molecular complexity index is 475. The van der Waals surface area contributed by atoms with Gasteiger partial charge >= 0.3 is 0 Å². The monoisotopic (exact) mass is 303 g/mol. The number of ether oxygens (including phenoxy) is 1. The first kappa shape index (κ1) is 17.2. The lowest BCUT2D eigenvalue weighted by Gasteiger charge is -2.05. The zero-order valence-electron chi connectivity index (χ0n) is 12.3. The Hall–Kier alpha value is -0.890. The van der Waals surface area contributed by atoms with E-state index < -0.39 is 10.0 Å². The first-order valence-corrected chi connectivity index (χ1v) is 8.50. The molecule has 0 aliphatic carbocycles. The van der Waals surface area contributed by atoms with Gasteiger partial charge in [0, 0.05) is 44.7 Å². The molecule has 0 amide bonds. The predicted octanol–water partition coefficient (Wildman–Crippen LogP) is 1.06. The minimum atomic E-state index is -3.46. The van der Waals surface area contributed by atoms with E-state index in [0.717, 1.165) is 12.1 Å². The van der Waals surface area contributed by atoms with Gasteiger partial charge in [-0.15, -0.1) is 0 Å². The van der Waals surface area contributed by atoms with E-state index >= 15 is 0 Å². The topological polar surface area (TPSA) is 86.3 Å². The van der Waals surface area contributed by atoms with Crippen molar-refractivity contribution in [2.45, 2.75) is 44.7 Å². The summed E-state index contributed by atoms with van der Waals surface area (Å²) in [4.78, 5) is 0.272. The fourth-order valence-corrected chi connectivity index (χ4v) is 2.99. The summed E-state index contributed by atoms with van der Waals surface area (Å²) in [6.07, 6.45) is 3.26. The van der Waals surface area contributed by atoms with Crippen LogP contribution in [0.5, 0.6) is 0 Å². The van der Waals surface area contributed by atoms with E-state index in [4.69, 9.17) is 10.5 Å². The van der Waals surface area contributed by atoms with Crippen LogP contribution < -0.4 is 10.5 Å². The molecule has 1 aromatic heterocycles. The van der Waals surface area contributed by atoms with Crippen molar-refractivity contribution in [2.75, 3.05) is 19.8 Å². The summed E-state index contributed by atoms with van der Waals surface area (Å²) in [7, 11) is -3.46. The average molecular weight is 303 g/mol. The molecule has 6 nitrogen and oxygen atoms in total. The molecular formula is C13H25N3O3S. The average Bonchev–Trinajstić information content (AvgIpc) is 2.86.